The fourth-order valence-corrected chi connectivity index (χ4v) is 4.14. The number of hydrogen-bond acceptors (Lipinski definition) is 9. The van der Waals surface area contributed by atoms with Gasteiger partial charge in [0.1, 0.15) is 11.8 Å². The number of aromatic nitrogens is 1. The van der Waals surface area contributed by atoms with Crippen LogP contribution in [0.3, 0.4) is 0 Å². The third-order valence-corrected chi connectivity index (χ3v) is 6.10. The van der Waals surface area contributed by atoms with Crippen molar-refractivity contribution in [2.45, 2.75) is 18.9 Å². The highest BCUT2D eigenvalue weighted by molar-refractivity contribution is 5.94. The normalized spacial score (nSPS) is 17.5. The highest BCUT2D eigenvalue weighted by Crippen LogP contribution is 2.32. The van der Waals surface area contributed by atoms with Gasteiger partial charge in [-0.3, -0.25) is 19.3 Å². The van der Waals surface area contributed by atoms with Crippen molar-refractivity contribution in [3.63, 3.8) is 0 Å². The van der Waals surface area contributed by atoms with Crippen LogP contribution in [-0.4, -0.2) is 86.4 Å². The van der Waals surface area contributed by atoms with Crippen LogP contribution in [-0.2, 0) is 19.1 Å². The quantitative estimate of drug-likeness (QED) is 0.510. The molecule has 2 aliphatic heterocycles. The Kier molecular flexibility index (Phi) is 7.84. The molecule has 0 saturated carbocycles. The Hall–Kier alpha value is -4.23. The number of amides is 3. The minimum absolute atomic E-state index is 0.000584. The number of carbonyl (C=O) groups is 4. The summed E-state index contributed by atoms with van der Waals surface area (Å²) in [5.74, 6) is -3.12. The molecule has 4 rings (SSSR count). The molecule has 0 radical (unpaired) electrons. The van der Waals surface area contributed by atoms with E-state index in [0.29, 0.717) is 0 Å². The van der Waals surface area contributed by atoms with E-state index in [2.05, 4.69) is 15.2 Å². The van der Waals surface area contributed by atoms with Crippen LogP contribution in [0.15, 0.2) is 28.9 Å². The Morgan fingerprint density at radius 3 is 2.49 bits per heavy atom. The molecule has 0 spiro atoms. The predicted octanol–water partition coefficient (Wildman–Crippen LogP) is 1.31. The molecular formula is C23H25F2N5O7. The second kappa shape index (κ2) is 11.2. The Bertz CT molecular complexity index is 1150. The first-order chi connectivity index (χ1) is 17.8. The lowest BCUT2D eigenvalue weighted by atomic mass is 10.1. The van der Waals surface area contributed by atoms with Gasteiger partial charge in [-0.05, 0) is 6.42 Å². The summed E-state index contributed by atoms with van der Waals surface area (Å²) < 4.78 is 44.5. The average molecular weight is 521 g/mol. The van der Waals surface area contributed by atoms with Crippen LogP contribution in [0.25, 0.3) is 0 Å². The smallest absolute Gasteiger partial charge is 0.414 e. The molecule has 2 aromatic rings. The minimum Gasteiger partial charge on any atom is -0.469 e. The molecule has 3 heterocycles. The van der Waals surface area contributed by atoms with Gasteiger partial charge >= 0.3 is 12.1 Å². The molecule has 3 amide bonds. The molecule has 1 aromatic heterocycles. The van der Waals surface area contributed by atoms with Crippen molar-refractivity contribution >= 4 is 35.3 Å². The number of hydrogen-bond donors (Lipinski definition) is 1. The van der Waals surface area contributed by atoms with Crippen LogP contribution in [0.5, 0.6) is 0 Å². The lowest BCUT2D eigenvalue weighted by molar-refractivity contribution is -0.141. The summed E-state index contributed by atoms with van der Waals surface area (Å²) in [5.41, 5.74) is -0.259. The maximum Gasteiger partial charge on any atom is 0.414 e. The van der Waals surface area contributed by atoms with Crippen LogP contribution in [0, 0.1) is 11.6 Å². The van der Waals surface area contributed by atoms with E-state index >= 15 is 8.78 Å². The summed E-state index contributed by atoms with van der Waals surface area (Å²) >= 11 is 0. The standard InChI is InChI=1S/C23H25F2N5O7/c1-35-20(32)3-2-15-13-30(23(34)36-15)14-10-16(24)21(17(25)11-14)29-8-6-28(7-9-29)19(31)12-26-22(33)18-4-5-27-37-18/h4-5,10-11,15H,2-3,6-9,12-13H2,1H3,(H,26,33)/t15-/m0/s1. The zero-order valence-electron chi connectivity index (χ0n) is 19.9. The second-order valence-corrected chi connectivity index (χ2v) is 8.42. The third-order valence-electron chi connectivity index (χ3n) is 6.10. The van der Waals surface area contributed by atoms with Crippen molar-refractivity contribution < 1.29 is 42.0 Å². The number of methoxy groups -OCH3 is 1. The molecule has 0 aliphatic carbocycles. The zero-order valence-corrected chi connectivity index (χ0v) is 19.9. The maximum atomic E-state index is 15.0. The lowest BCUT2D eigenvalue weighted by Crippen LogP contribution is -2.51. The fourth-order valence-electron chi connectivity index (χ4n) is 4.14. The summed E-state index contributed by atoms with van der Waals surface area (Å²) in [5, 5.41) is 5.86. The summed E-state index contributed by atoms with van der Waals surface area (Å²) in [4.78, 5) is 51.9. The van der Waals surface area contributed by atoms with E-state index in [1.165, 1.54) is 29.2 Å². The molecule has 0 bridgehead atoms. The Balaban J connectivity index is 1.32. The van der Waals surface area contributed by atoms with Gasteiger partial charge in [0.05, 0.1) is 32.1 Å². The zero-order chi connectivity index (χ0) is 26.5. The van der Waals surface area contributed by atoms with Crippen LogP contribution < -0.4 is 15.1 Å². The van der Waals surface area contributed by atoms with E-state index in [9.17, 15) is 19.2 Å². The number of ether oxygens (including phenoxy) is 2. The highest BCUT2D eigenvalue weighted by atomic mass is 19.1. The number of rotatable bonds is 8. The summed E-state index contributed by atoms with van der Waals surface area (Å²) in [6, 6.07) is 3.47. The summed E-state index contributed by atoms with van der Waals surface area (Å²) in [6.45, 7) is 0.494. The lowest BCUT2D eigenvalue weighted by Gasteiger charge is -2.36. The summed E-state index contributed by atoms with van der Waals surface area (Å²) in [7, 11) is 1.25. The molecule has 2 aliphatic rings. The van der Waals surface area contributed by atoms with E-state index in [1.54, 1.807) is 0 Å². The van der Waals surface area contributed by atoms with E-state index < -0.39 is 35.7 Å². The molecule has 0 unspecified atom stereocenters. The van der Waals surface area contributed by atoms with E-state index in [-0.39, 0.29) is 75.2 Å². The largest absolute Gasteiger partial charge is 0.469 e. The van der Waals surface area contributed by atoms with Gasteiger partial charge in [0, 0.05) is 50.8 Å². The van der Waals surface area contributed by atoms with Crippen molar-refractivity contribution in [2.24, 2.45) is 0 Å². The number of anilines is 2. The molecule has 37 heavy (non-hydrogen) atoms. The molecule has 1 N–H and O–H groups in total. The van der Waals surface area contributed by atoms with Gasteiger partial charge in [0.25, 0.3) is 5.91 Å². The van der Waals surface area contributed by atoms with Gasteiger partial charge < -0.3 is 29.1 Å². The molecule has 1 aromatic carbocycles. The molecule has 2 fully saturated rings. The molecule has 1 atom stereocenters. The Morgan fingerprint density at radius 2 is 1.86 bits per heavy atom. The molecule has 14 heteroatoms. The number of halogens is 2. The Labute approximate surface area is 210 Å². The van der Waals surface area contributed by atoms with Crippen molar-refractivity contribution in [2.75, 3.05) is 56.2 Å². The van der Waals surface area contributed by atoms with Crippen molar-refractivity contribution in [1.29, 1.82) is 0 Å². The molecule has 2 saturated heterocycles. The van der Waals surface area contributed by atoms with E-state index in [4.69, 9.17) is 9.26 Å². The number of carbonyl (C=O) groups excluding carboxylic acids is 4. The monoisotopic (exact) mass is 521 g/mol. The Morgan fingerprint density at radius 1 is 1.16 bits per heavy atom. The molecule has 12 nitrogen and oxygen atoms in total. The van der Waals surface area contributed by atoms with Crippen LogP contribution in [0.1, 0.15) is 23.4 Å². The SMILES string of the molecule is COC(=O)CC[C@H]1CN(c2cc(F)c(N3CCN(C(=O)CNC(=O)c4ccno4)CC3)c(F)c2)C(=O)O1. The minimum atomic E-state index is -0.861. The molecule has 198 valence electrons. The summed E-state index contributed by atoms with van der Waals surface area (Å²) in [6.07, 6.45) is 0.214. The number of cyclic esters (lactones) is 1. The maximum absolute atomic E-state index is 15.0. The van der Waals surface area contributed by atoms with Gasteiger partial charge in [-0.25, -0.2) is 13.6 Å². The number of benzene rings is 1. The van der Waals surface area contributed by atoms with Crippen LogP contribution >= 0.6 is 0 Å². The highest BCUT2D eigenvalue weighted by Gasteiger charge is 2.34. The van der Waals surface area contributed by atoms with Gasteiger partial charge in [-0.2, -0.15) is 0 Å². The molecular weight excluding hydrogens is 496 g/mol. The fraction of sp³-hybridized carbons (Fsp3) is 0.435. The van der Waals surface area contributed by atoms with Crippen LogP contribution in [0.4, 0.5) is 25.0 Å². The van der Waals surface area contributed by atoms with Crippen molar-refractivity contribution in [3.8, 4) is 0 Å². The van der Waals surface area contributed by atoms with Gasteiger partial charge in [0.2, 0.25) is 11.7 Å². The van der Waals surface area contributed by atoms with E-state index in [1.807, 2.05) is 0 Å². The second-order valence-electron chi connectivity index (χ2n) is 8.42. The van der Waals surface area contributed by atoms with E-state index in [0.717, 1.165) is 17.0 Å². The first kappa shape index (κ1) is 25.9. The average Bonchev–Trinajstić information content (AvgIpc) is 3.55. The van der Waals surface area contributed by atoms with Gasteiger partial charge in [-0.15, -0.1) is 0 Å². The number of nitrogens with zero attached hydrogens (tertiary/aromatic N) is 4. The van der Waals surface area contributed by atoms with Gasteiger partial charge in [-0.1, -0.05) is 5.16 Å². The van der Waals surface area contributed by atoms with Gasteiger partial charge in [0.15, 0.2) is 11.6 Å². The topological polar surface area (TPSA) is 135 Å². The van der Waals surface area contributed by atoms with Crippen molar-refractivity contribution in [3.05, 3.63) is 41.8 Å². The first-order valence-electron chi connectivity index (χ1n) is 11.5. The third kappa shape index (κ3) is 5.95. The predicted molar refractivity (Wildman–Crippen MR) is 123 cm³/mol. The number of esters is 1. The first-order valence-corrected chi connectivity index (χ1v) is 11.5. The number of piperazine rings is 1. The number of nitrogens with one attached hydrogen (secondary N) is 1. The van der Waals surface area contributed by atoms with Crippen LogP contribution in [0.2, 0.25) is 0 Å². The van der Waals surface area contributed by atoms with Crippen molar-refractivity contribution in [1.82, 2.24) is 15.4 Å².